The van der Waals surface area contributed by atoms with E-state index < -0.39 is 5.60 Å². The van der Waals surface area contributed by atoms with Crippen LogP contribution in [-0.4, -0.2) is 10.7 Å². The van der Waals surface area contributed by atoms with Crippen molar-refractivity contribution >= 4 is 11.0 Å². The molecule has 47 heavy (non-hydrogen) atoms. The molecule has 0 amide bonds. The molecule has 1 heterocycles. The highest BCUT2D eigenvalue weighted by Crippen LogP contribution is 2.37. The SMILES string of the molecule is CC(C)(O)C#Cc1c(OCc2ccccc2)cc2occ(-c3ccc(OCc4ccccc4)cc3)c(=O)c2c1OCc1ccccc1. The van der Waals surface area contributed by atoms with Gasteiger partial charge >= 0.3 is 0 Å². The molecule has 0 saturated carbocycles. The maximum Gasteiger partial charge on any atom is 0.204 e. The number of rotatable bonds is 10. The van der Waals surface area contributed by atoms with E-state index in [0.29, 0.717) is 40.4 Å². The van der Waals surface area contributed by atoms with Gasteiger partial charge in [-0.05, 0) is 48.2 Å². The molecule has 0 bridgehead atoms. The molecular weight excluding hydrogens is 588 g/mol. The Morgan fingerprint density at radius 3 is 1.79 bits per heavy atom. The van der Waals surface area contributed by atoms with Crippen LogP contribution >= 0.6 is 0 Å². The van der Waals surface area contributed by atoms with Crippen molar-refractivity contribution in [2.45, 2.75) is 39.3 Å². The van der Waals surface area contributed by atoms with E-state index in [0.717, 1.165) is 16.7 Å². The molecule has 0 aliphatic carbocycles. The van der Waals surface area contributed by atoms with Gasteiger partial charge in [-0.2, -0.15) is 0 Å². The van der Waals surface area contributed by atoms with E-state index in [1.807, 2.05) is 115 Å². The summed E-state index contributed by atoms with van der Waals surface area (Å²) in [5, 5.41) is 10.7. The first kappa shape index (κ1) is 31.2. The lowest BCUT2D eigenvalue weighted by atomic mass is 10.0. The van der Waals surface area contributed by atoms with Crippen LogP contribution in [0.5, 0.6) is 17.2 Å². The Hall–Kier alpha value is -5.77. The lowest BCUT2D eigenvalue weighted by molar-refractivity contribution is 0.143. The van der Waals surface area contributed by atoms with Gasteiger partial charge < -0.3 is 23.7 Å². The summed E-state index contributed by atoms with van der Waals surface area (Å²) in [7, 11) is 0. The van der Waals surface area contributed by atoms with Crippen LogP contribution in [0.4, 0.5) is 0 Å². The highest BCUT2D eigenvalue weighted by atomic mass is 16.5. The van der Waals surface area contributed by atoms with E-state index in [2.05, 4.69) is 11.8 Å². The molecule has 1 aromatic heterocycles. The zero-order valence-corrected chi connectivity index (χ0v) is 26.2. The Kier molecular flexibility index (Phi) is 9.38. The van der Waals surface area contributed by atoms with Crippen molar-refractivity contribution < 1.29 is 23.7 Å². The largest absolute Gasteiger partial charge is 0.489 e. The zero-order chi connectivity index (χ0) is 32.6. The minimum Gasteiger partial charge on any atom is -0.489 e. The molecule has 1 N–H and O–H groups in total. The van der Waals surface area contributed by atoms with Crippen LogP contribution in [0.2, 0.25) is 0 Å². The van der Waals surface area contributed by atoms with Gasteiger partial charge in [0.25, 0.3) is 0 Å². The second kappa shape index (κ2) is 14.1. The molecule has 0 fully saturated rings. The molecule has 6 heteroatoms. The Bertz CT molecular complexity index is 2070. The van der Waals surface area contributed by atoms with Crippen molar-refractivity contribution in [3.63, 3.8) is 0 Å². The fraction of sp³-hybridized carbons (Fsp3) is 0.146. The van der Waals surface area contributed by atoms with Crippen LogP contribution in [0.25, 0.3) is 22.1 Å². The number of aliphatic hydroxyl groups is 1. The summed E-state index contributed by atoms with van der Waals surface area (Å²) in [5.41, 5.74) is 2.99. The van der Waals surface area contributed by atoms with Crippen molar-refractivity contribution in [2.75, 3.05) is 0 Å². The van der Waals surface area contributed by atoms with Crippen LogP contribution in [0, 0.1) is 11.8 Å². The van der Waals surface area contributed by atoms with Gasteiger partial charge in [0, 0.05) is 6.07 Å². The number of benzene rings is 5. The molecule has 0 atom stereocenters. The number of fused-ring (bicyclic) bond motifs is 1. The molecule has 0 radical (unpaired) electrons. The lowest BCUT2D eigenvalue weighted by Gasteiger charge is -2.17. The maximum atomic E-state index is 14.3. The van der Waals surface area contributed by atoms with E-state index >= 15 is 0 Å². The zero-order valence-electron chi connectivity index (χ0n) is 26.2. The number of ether oxygens (including phenoxy) is 3. The molecule has 0 unspecified atom stereocenters. The third kappa shape index (κ3) is 7.91. The first-order valence-corrected chi connectivity index (χ1v) is 15.3. The topological polar surface area (TPSA) is 78.1 Å². The van der Waals surface area contributed by atoms with Gasteiger partial charge in [-0.3, -0.25) is 4.79 Å². The van der Waals surface area contributed by atoms with Gasteiger partial charge in [0.2, 0.25) is 5.43 Å². The second-order valence-electron chi connectivity index (χ2n) is 11.6. The van der Waals surface area contributed by atoms with Gasteiger partial charge in [-0.1, -0.05) is 115 Å². The summed E-state index contributed by atoms with van der Waals surface area (Å²) in [6, 6.07) is 38.3. The molecule has 6 rings (SSSR count). The normalized spacial score (nSPS) is 11.0. The molecule has 0 aliphatic rings. The van der Waals surface area contributed by atoms with Crippen molar-refractivity contribution in [2.24, 2.45) is 0 Å². The van der Waals surface area contributed by atoms with Gasteiger partial charge in [0.15, 0.2) is 5.75 Å². The fourth-order valence-electron chi connectivity index (χ4n) is 4.96. The molecule has 234 valence electrons. The Morgan fingerprint density at radius 1 is 0.702 bits per heavy atom. The molecule has 0 spiro atoms. The van der Waals surface area contributed by atoms with E-state index in [-0.39, 0.29) is 29.8 Å². The first-order valence-electron chi connectivity index (χ1n) is 15.3. The Balaban J connectivity index is 1.43. The third-order valence-corrected chi connectivity index (χ3v) is 7.35. The van der Waals surface area contributed by atoms with Crippen LogP contribution in [0.3, 0.4) is 0 Å². The first-order chi connectivity index (χ1) is 22.8. The molecule has 0 saturated heterocycles. The average molecular weight is 623 g/mol. The maximum absolute atomic E-state index is 14.3. The highest BCUT2D eigenvalue weighted by Gasteiger charge is 2.22. The Morgan fingerprint density at radius 2 is 1.23 bits per heavy atom. The van der Waals surface area contributed by atoms with Crippen molar-refractivity contribution in [1.82, 2.24) is 0 Å². The van der Waals surface area contributed by atoms with Crippen molar-refractivity contribution in [3.8, 4) is 40.2 Å². The summed E-state index contributed by atoms with van der Waals surface area (Å²) >= 11 is 0. The molecule has 5 aromatic carbocycles. The number of hydrogen-bond acceptors (Lipinski definition) is 6. The third-order valence-electron chi connectivity index (χ3n) is 7.35. The fourth-order valence-corrected chi connectivity index (χ4v) is 4.96. The standard InChI is InChI=1S/C41H34O6/c1-41(2,43)23-22-34-36(45-26-30-14-8-4-9-15-30)24-37-38(40(34)47-27-31-16-10-5-11-17-31)39(42)35(28-46-37)32-18-20-33(21-19-32)44-25-29-12-6-3-7-13-29/h3-21,24,28,43H,25-27H2,1-2H3. The monoisotopic (exact) mass is 622 g/mol. The quantitative estimate of drug-likeness (QED) is 0.155. The minimum absolute atomic E-state index is 0.173. The van der Waals surface area contributed by atoms with Gasteiger partial charge in [0.05, 0.1) is 5.56 Å². The van der Waals surface area contributed by atoms with Crippen LogP contribution in [-0.2, 0) is 19.8 Å². The van der Waals surface area contributed by atoms with Crippen LogP contribution in [0.15, 0.2) is 137 Å². The number of hydrogen-bond donors (Lipinski definition) is 1. The van der Waals surface area contributed by atoms with E-state index in [9.17, 15) is 9.90 Å². The highest BCUT2D eigenvalue weighted by molar-refractivity contribution is 5.91. The van der Waals surface area contributed by atoms with Gasteiger partial charge in [0.1, 0.15) is 59.7 Å². The van der Waals surface area contributed by atoms with E-state index in [4.69, 9.17) is 18.6 Å². The van der Waals surface area contributed by atoms with E-state index in [1.54, 1.807) is 19.9 Å². The summed E-state index contributed by atoms with van der Waals surface area (Å²) < 4.78 is 24.7. The summed E-state index contributed by atoms with van der Waals surface area (Å²) in [5.74, 6) is 7.21. The molecule has 0 aliphatic heterocycles. The van der Waals surface area contributed by atoms with Crippen LogP contribution < -0.4 is 19.6 Å². The van der Waals surface area contributed by atoms with Gasteiger partial charge in [-0.25, -0.2) is 0 Å². The minimum atomic E-state index is -1.31. The van der Waals surface area contributed by atoms with Gasteiger partial charge in [-0.15, -0.1) is 0 Å². The van der Waals surface area contributed by atoms with Crippen LogP contribution in [0.1, 0.15) is 36.1 Å². The summed E-state index contributed by atoms with van der Waals surface area (Å²) in [6.07, 6.45) is 1.45. The van der Waals surface area contributed by atoms with Crippen molar-refractivity contribution in [1.29, 1.82) is 0 Å². The molecule has 6 aromatic rings. The summed E-state index contributed by atoms with van der Waals surface area (Å²) in [6.45, 7) is 4.05. The average Bonchev–Trinajstić information content (AvgIpc) is 3.09. The predicted molar refractivity (Wildman–Crippen MR) is 183 cm³/mol. The van der Waals surface area contributed by atoms with E-state index in [1.165, 1.54) is 6.26 Å². The van der Waals surface area contributed by atoms with Crippen molar-refractivity contribution in [3.05, 3.63) is 160 Å². The second-order valence-corrected chi connectivity index (χ2v) is 11.6. The molecular formula is C41H34O6. The Labute approximate surface area is 273 Å². The predicted octanol–water partition coefficient (Wildman–Crippen LogP) is 8.32. The summed E-state index contributed by atoms with van der Waals surface area (Å²) in [4.78, 5) is 14.3. The lowest BCUT2D eigenvalue weighted by Crippen LogP contribution is -2.15. The molecule has 6 nitrogen and oxygen atoms in total. The smallest absolute Gasteiger partial charge is 0.204 e.